The fourth-order valence-electron chi connectivity index (χ4n) is 4.71. The first kappa shape index (κ1) is 32.4. The molecule has 0 unspecified atom stereocenters. The van der Waals surface area contributed by atoms with E-state index in [1.807, 2.05) is 0 Å². The SMILES string of the molecule is O=C(N/N=C\c1ccc(OCc2ccc([N+](=O)[O-])cc2)cc1)[C@@H]1CN(S(=O)(=O)c2ccccc2)CCN1S(=O)(=O)c1ccccc1. The van der Waals surface area contributed by atoms with Gasteiger partial charge in [0.15, 0.2) is 0 Å². The van der Waals surface area contributed by atoms with Gasteiger partial charge < -0.3 is 4.74 Å². The van der Waals surface area contributed by atoms with Crippen molar-refractivity contribution in [1.82, 2.24) is 14.0 Å². The molecule has 5 rings (SSSR count). The fourth-order valence-corrected chi connectivity index (χ4v) is 7.76. The van der Waals surface area contributed by atoms with Crippen molar-refractivity contribution in [3.05, 3.63) is 130 Å². The van der Waals surface area contributed by atoms with Crippen LogP contribution in [0.1, 0.15) is 11.1 Å². The molecule has 0 spiro atoms. The maximum absolute atomic E-state index is 13.5. The van der Waals surface area contributed by atoms with E-state index in [0.29, 0.717) is 11.3 Å². The number of ether oxygens (including phenoxy) is 1. The first-order valence-electron chi connectivity index (χ1n) is 14.0. The first-order chi connectivity index (χ1) is 22.1. The number of sulfonamides is 2. The Morgan fingerprint density at radius 3 is 2.02 bits per heavy atom. The lowest BCUT2D eigenvalue weighted by molar-refractivity contribution is -0.384. The van der Waals surface area contributed by atoms with Crippen LogP contribution in [0.25, 0.3) is 0 Å². The summed E-state index contributed by atoms with van der Waals surface area (Å²) in [6.07, 6.45) is 1.36. The molecule has 0 bridgehead atoms. The van der Waals surface area contributed by atoms with Crippen molar-refractivity contribution in [2.45, 2.75) is 22.4 Å². The van der Waals surface area contributed by atoms with Crippen molar-refractivity contribution in [1.29, 1.82) is 0 Å². The standard InChI is InChI=1S/C31H29N5O8S2/c37-31(33-32-21-24-13-17-27(18-14-24)44-23-25-11-15-26(16-12-25)36(38)39)30-22-34(45(40,41)28-7-3-1-4-8-28)19-20-35(30)46(42,43)29-9-5-2-6-10-29/h1-18,21,30H,19-20,22-23H2,(H,33,37)/b32-21-/t30-/m0/s1. The summed E-state index contributed by atoms with van der Waals surface area (Å²) in [5.74, 6) is -0.269. The van der Waals surface area contributed by atoms with Gasteiger partial charge in [-0.2, -0.15) is 13.7 Å². The van der Waals surface area contributed by atoms with Crippen LogP contribution in [-0.4, -0.2) is 68.2 Å². The summed E-state index contributed by atoms with van der Waals surface area (Å²) in [7, 11) is -8.15. The van der Waals surface area contributed by atoms with E-state index in [4.69, 9.17) is 4.74 Å². The summed E-state index contributed by atoms with van der Waals surface area (Å²) in [6, 6.07) is 26.7. The van der Waals surface area contributed by atoms with Gasteiger partial charge in [0, 0.05) is 31.8 Å². The maximum Gasteiger partial charge on any atom is 0.269 e. The lowest BCUT2D eigenvalue weighted by Gasteiger charge is -2.38. The highest BCUT2D eigenvalue weighted by atomic mass is 32.2. The third-order valence-corrected chi connectivity index (χ3v) is 11.0. The van der Waals surface area contributed by atoms with Gasteiger partial charge in [0.25, 0.3) is 11.6 Å². The third-order valence-electron chi connectivity index (χ3n) is 7.15. The zero-order chi connectivity index (χ0) is 32.7. The van der Waals surface area contributed by atoms with E-state index in [0.717, 1.165) is 14.2 Å². The molecule has 0 aromatic heterocycles. The number of non-ortho nitro benzene ring substituents is 1. The molecule has 0 radical (unpaired) electrons. The fraction of sp³-hybridized carbons (Fsp3) is 0.161. The van der Waals surface area contributed by atoms with E-state index in [2.05, 4.69) is 10.5 Å². The van der Waals surface area contributed by atoms with Crippen molar-refractivity contribution in [3.63, 3.8) is 0 Å². The van der Waals surface area contributed by atoms with Crippen LogP contribution < -0.4 is 10.2 Å². The second-order valence-corrected chi connectivity index (χ2v) is 14.0. The Bertz CT molecular complexity index is 1920. The van der Waals surface area contributed by atoms with Crippen LogP contribution in [0, 0.1) is 10.1 Å². The Labute approximate surface area is 266 Å². The molecule has 0 saturated carbocycles. The quantitative estimate of drug-likeness (QED) is 0.145. The number of piperazine rings is 1. The van der Waals surface area contributed by atoms with E-state index >= 15 is 0 Å². The Morgan fingerprint density at radius 2 is 1.43 bits per heavy atom. The smallest absolute Gasteiger partial charge is 0.269 e. The Morgan fingerprint density at radius 1 is 0.848 bits per heavy atom. The molecular weight excluding hydrogens is 635 g/mol. The van der Waals surface area contributed by atoms with Gasteiger partial charge in [-0.3, -0.25) is 14.9 Å². The molecule has 1 amide bonds. The number of carbonyl (C=O) groups is 1. The van der Waals surface area contributed by atoms with Crippen LogP contribution in [0.4, 0.5) is 5.69 Å². The predicted octanol–water partition coefficient (Wildman–Crippen LogP) is 3.39. The van der Waals surface area contributed by atoms with Gasteiger partial charge in [0.05, 0.1) is 20.9 Å². The minimum atomic E-state index is -4.15. The van der Waals surface area contributed by atoms with Crippen molar-refractivity contribution < 1.29 is 31.3 Å². The van der Waals surface area contributed by atoms with Gasteiger partial charge in [0.1, 0.15) is 18.4 Å². The Kier molecular flexibility index (Phi) is 9.87. The van der Waals surface area contributed by atoms with Crippen LogP contribution in [0.3, 0.4) is 0 Å². The van der Waals surface area contributed by atoms with E-state index in [1.54, 1.807) is 72.8 Å². The summed E-state index contributed by atoms with van der Waals surface area (Å²) >= 11 is 0. The summed E-state index contributed by atoms with van der Waals surface area (Å²) in [4.78, 5) is 23.8. The van der Waals surface area contributed by atoms with E-state index < -0.39 is 43.5 Å². The number of rotatable bonds is 11. The number of hydrazone groups is 1. The van der Waals surface area contributed by atoms with Gasteiger partial charge in [-0.05, 0) is 71.8 Å². The van der Waals surface area contributed by atoms with Crippen molar-refractivity contribution in [2.24, 2.45) is 5.10 Å². The summed E-state index contributed by atoms with van der Waals surface area (Å²) in [5, 5.41) is 14.8. The largest absolute Gasteiger partial charge is 0.489 e. The summed E-state index contributed by atoms with van der Waals surface area (Å²) in [6.45, 7) is -0.602. The summed E-state index contributed by atoms with van der Waals surface area (Å²) < 4.78 is 61.6. The average Bonchev–Trinajstić information content (AvgIpc) is 3.08. The third kappa shape index (κ3) is 7.46. The number of benzene rings is 4. The van der Waals surface area contributed by atoms with Crippen LogP contribution in [0.5, 0.6) is 5.75 Å². The number of nitrogens with zero attached hydrogens (tertiary/aromatic N) is 4. The van der Waals surface area contributed by atoms with E-state index in [9.17, 15) is 31.7 Å². The normalized spacial score (nSPS) is 16.2. The Hall–Kier alpha value is -4.96. The van der Waals surface area contributed by atoms with Crippen LogP contribution >= 0.6 is 0 Å². The number of hydrogen-bond acceptors (Lipinski definition) is 9. The van der Waals surface area contributed by atoms with Gasteiger partial charge in [0.2, 0.25) is 20.0 Å². The lowest BCUT2D eigenvalue weighted by atomic mass is 10.2. The molecule has 1 atom stereocenters. The van der Waals surface area contributed by atoms with Crippen molar-refractivity contribution >= 4 is 37.9 Å². The first-order valence-corrected chi connectivity index (χ1v) is 16.8. The molecule has 1 aliphatic heterocycles. The molecule has 4 aromatic rings. The van der Waals surface area contributed by atoms with Gasteiger partial charge in [-0.25, -0.2) is 22.3 Å². The number of amides is 1. The highest BCUT2D eigenvalue weighted by molar-refractivity contribution is 7.89. The number of hydrogen-bond donors (Lipinski definition) is 1. The molecule has 1 fully saturated rings. The number of nitro benzene ring substituents is 1. The molecule has 238 valence electrons. The van der Waals surface area contributed by atoms with E-state index in [-0.39, 0.29) is 35.2 Å². The molecule has 4 aromatic carbocycles. The molecule has 1 N–H and O–H groups in total. The predicted molar refractivity (Wildman–Crippen MR) is 169 cm³/mol. The van der Waals surface area contributed by atoms with Crippen molar-refractivity contribution in [3.8, 4) is 5.75 Å². The molecule has 46 heavy (non-hydrogen) atoms. The Balaban J connectivity index is 1.27. The van der Waals surface area contributed by atoms with Crippen LogP contribution in [0.2, 0.25) is 0 Å². The number of nitro groups is 1. The zero-order valence-electron chi connectivity index (χ0n) is 24.2. The molecule has 1 aliphatic rings. The second-order valence-electron chi connectivity index (χ2n) is 10.1. The van der Waals surface area contributed by atoms with Crippen LogP contribution in [-0.2, 0) is 31.4 Å². The molecule has 0 aliphatic carbocycles. The zero-order valence-corrected chi connectivity index (χ0v) is 25.9. The maximum atomic E-state index is 13.5. The number of carbonyl (C=O) groups excluding carboxylic acids is 1. The molecular formula is C31H29N5O8S2. The monoisotopic (exact) mass is 663 g/mol. The minimum absolute atomic E-state index is 0.0111. The molecule has 15 heteroatoms. The van der Waals surface area contributed by atoms with Gasteiger partial charge >= 0.3 is 0 Å². The topological polar surface area (TPSA) is 169 Å². The minimum Gasteiger partial charge on any atom is -0.489 e. The summed E-state index contributed by atoms with van der Waals surface area (Å²) in [5.41, 5.74) is 3.69. The average molecular weight is 664 g/mol. The number of nitrogens with one attached hydrogen (secondary N) is 1. The molecule has 1 heterocycles. The second kappa shape index (κ2) is 14.0. The van der Waals surface area contributed by atoms with Crippen LogP contribution in [0.15, 0.2) is 124 Å². The molecule has 1 saturated heterocycles. The molecule has 13 nitrogen and oxygen atoms in total. The lowest BCUT2D eigenvalue weighted by Crippen LogP contribution is -2.60. The van der Waals surface area contributed by atoms with E-state index in [1.165, 1.54) is 42.6 Å². The van der Waals surface area contributed by atoms with Gasteiger partial charge in [-0.1, -0.05) is 36.4 Å². The van der Waals surface area contributed by atoms with Gasteiger partial charge in [-0.15, -0.1) is 0 Å². The van der Waals surface area contributed by atoms with Crippen molar-refractivity contribution in [2.75, 3.05) is 19.6 Å². The highest BCUT2D eigenvalue weighted by Gasteiger charge is 2.43. The highest BCUT2D eigenvalue weighted by Crippen LogP contribution is 2.25.